The van der Waals surface area contributed by atoms with Crippen molar-refractivity contribution in [2.45, 2.75) is 50.2 Å². The first-order valence-electron chi connectivity index (χ1n) is 9.29. The van der Waals surface area contributed by atoms with Crippen LogP contribution in [0.1, 0.15) is 42.5 Å². The Kier molecular flexibility index (Phi) is 7.75. The van der Waals surface area contributed by atoms with Crippen LogP contribution in [0.25, 0.3) is 0 Å². The predicted octanol–water partition coefficient (Wildman–Crippen LogP) is 0.317. The Hall–Kier alpha value is -2.45. The molecule has 1 aromatic carbocycles. The van der Waals surface area contributed by atoms with E-state index in [-0.39, 0.29) is 30.8 Å². The van der Waals surface area contributed by atoms with Gasteiger partial charge >= 0.3 is 5.97 Å². The number of unbranched alkanes of at least 4 members (excludes halogenated alkanes) is 1. The number of amides is 2. The molecule has 8 nitrogen and oxygen atoms in total. The minimum Gasteiger partial charge on any atom is -0.480 e. The summed E-state index contributed by atoms with van der Waals surface area (Å²) in [6.45, 7) is 0.783. The van der Waals surface area contributed by atoms with Crippen molar-refractivity contribution in [1.29, 1.82) is 0 Å². The standard InChI is InChI=1S/C19H28N4O4/c20-10-5-4-8-15(21)18(25)23-11-9-14(12-16(23)19(26)27)22-17(24)13-6-2-1-3-7-13/h1-3,6-7,14-16H,4-5,8-12,20-21H2,(H,22,24)(H,26,27)/t14-,15?,16-/m0/s1. The number of piperidine rings is 1. The fourth-order valence-corrected chi connectivity index (χ4v) is 3.30. The zero-order valence-electron chi connectivity index (χ0n) is 15.3. The number of nitrogens with one attached hydrogen (secondary N) is 1. The zero-order valence-corrected chi connectivity index (χ0v) is 15.3. The van der Waals surface area contributed by atoms with Gasteiger partial charge in [-0.25, -0.2) is 4.79 Å². The van der Waals surface area contributed by atoms with E-state index in [9.17, 15) is 19.5 Å². The molecular weight excluding hydrogens is 348 g/mol. The van der Waals surface area contributed by atoms with Gasteiger partial charge in [0.15, 0.2) is 0 Å². The van der Waals surface area contributed by atoms with Gasteiger partial charge in [0, 0.05) is 18.2 Å². The first kappa shape index (κ1) is 20.9. The van der Waals surface area contributed by atoms with Gasteiger partial charge in [0.2, 0.25) is 5.91 Å². The second-order valence-corrected chi connectivity index (χ2v) is 6.84. The van der Waals surface area contributed by atoms with Gasteiger partial charge in [-0.1, -0.05) is 24.6 Å². The predicted molar refractivity (Wildman–Crippen MR) is 101 cm³/mol. The third kappa shape index (κ3) is 5.77. The molecule has 0 aliphatic carbocycles. The fraction of sp³-hybridized carbons (Fsp3) is 0.526. The van der Waals surface area contributed by atoms with Crippen LogP contribution in [0.3, 0.4) is 0 Å². The third-order valence-corrected chi connectivity index (χ3v) is 4.83. The molecular formula is C19H28N4O4. The number of carboxylic acid groups (broad SMARTS) is 1. The van der Waals surface area contributed by atoms with Crippen molar-refractivity contribution in [2.24, 2.45) is 11.5 Å². The number of nitrogens with two attached hydrogens (primary N) is 2. The van der Waals surface area contributed by atoms with Gasteiger partial charge in [-0.3, -0.25) is 9.59 Å². The number of carbonyl (C=O) groups is 3. The number of nitrogens with zero attached hydrogens (tertiary/aromatic N) is 1. The molecule has 2 rings (SSSR count). The van der Waals surface area contributed by atoms with E-state index in [0.717, 1.165) is 12.8 Å². The van der Waals surface area contributed by atoms with Crippen LogP contribution in [0.4, 0.5) is 0 Å². The van der Waals surface area contributed by atoms with Crippen molar-refractivity contribution in [1.82, 2.24) is 10.2 Å². The van der Waals surface area contributed by atoms with Crippen LogP contribution in [-0.4, -0.2) is 59.0 Å². The number of carbonyl (C=O) groups excluding carboxylic acids is 2. The lowest BCUT2D eigenvalue weighted by Gasteiger charge is -2.38. The van der Waals surface area contributed by atoms with Crippen LogP contribution in [0.5, 0.6) is 0 Å². The molecule has 1 aliphatic heterocycles. The minimum atomic E-state index is -1.09. The molecule has 6 N–H and O–H groups in total. The second kappa shape index (κ2) is 10.0. The van der Waals surface area contributed by atoms with E-state index in [2.05, 4.69) is 5.32 Å². The summed E-state index contributed by atoms with van der Waals surface area (Å²) in [6.07, 6.45) is 2.63. The number of benzene rings is 1. The monoisotopic (exact) mass is 376 g/mol. The van der Waals surface area contributed by atoms with Gasteiger partial charge in [0.1, 0.15) is 6.04 Å². The van der Waals surface area contributed by atoms with Crippen molar-refractivity contribution in [3.63, 3.8) is 0 Å². The van der Waals surface area contributed by atoms with Gasteiger partial charge in [0.25, 0.3) is 5.91 Å². The van der Waals surface area contributed by atoms with Gasteiger partial charge in [0.05, 0.1) is 6.04 Å². The molecule has 8 heteroatoms. The summed E-state index contributed by atoms with van der Waals surface area (Å²) >= 11 is 0. The average Bonchev–Trinajstić information content (AvgIpc) is 2.68. The van der Waals surface area contributed by atoms with E-state index in [0.29, 0.717) is 24.9 Å². The molecule has 2 amide bonds. The SMILES string of the molecule is NCCCCC(N)C(=O)N1CC[C@H](NC(=O)c2ccccc2)C[C@H]1C(=O)O. The summed E-state index contributed by atoms with van der Waals surface area (Å²) in [6, 6.07) is 6.72. The summed E-state index contributed by atoms with van der Waals surface area (Å²) in [5.74, 6) is -1.69. The van der Waals surface area contributed by atoms with Crippen LogP contribution in [0.2, 0.25) is 0 Å². The lowest BCUT2D eigenvalue weighted by Crippen LogP contribution is -2.58. The molecule has 148 valence electrons. The largest absolute Gasteiger partial charge is 0.480 e. The van der Waals surface area contributed by atoms with E-state index in [4.69, 9.17) is 11.5 Å². The molecule has 3 atom stereocenters. The number of aliphatic carboxylic acids is 1. The van der Waals surface area contributed by atoms with E-state index in [1.54, 1.807) is 24.3 Å². The van der Waals surface area contributed by atoms with Crippen LogP contribution >= 0.6 is 0 Å². The third-order valence-electron chi connectivity index (χ3n) is 4.83. The molecule has 0 aromatic heterocycles. The number of likely N-dealkylation sites (tertiary alicyclic amines) is 1. The first-order valence-corrected chi connectivity index (χ1v) is 9.29. The minimum absolute atomic E-state index is 0.162. The molecule has 0 radical (unpaired) electrons. The van der Waals surface area contributed by atoms with Crippen molar-refractivity contribution in [3.05, 3.63) is 35.9 Å². The Morgan fingerprint density at radius 1 is 1.22 bits per heavy atom. The summed E-state index contributed by atoms with van der Waals surface area (Å²) in [4.78, 5) is 37.9. The average molecular weight is 376 g/mol. The first-order chi connectivity index (χ1) is 12.9. The van der Waals surface area contributed by atoms with Gasteiger partial charge in [-0.15, -0.1) is 0 Å². The maximum atomic E-state index is 12.6. The summed E-state index contributed by atoms with van der Waals surface area (Å²) in [7, 11) is 0. The molecule has 1 fully saturated rings. The van der Waals surface area contributed by atoms with Gasteiger partial charge in [-0.2, -0.15) is 0 Å². The quantitative estimate of drug-likeness (QED) is 0.482. The van der Waals surface area contributed by atoms with Crippen molar-refractivity contribution in [2.75, 3.05) is 13.1 Å². The molecule has 0 saturated carbocycles. The van der Waals surface area contributed by atoms with E-state index in [1.165, 1.54) is 4.90 Å². The second-order valence-electron chi connectivity index (χ2n) is 6.84. The van der Waals surface area contributed by atoms with Gasteiger partial charge in [-0.05, 0) is 44.4 Å². The van der Waals surface area contributed by atoms with Crippen LogP contribution < -0.4 is 16.8 Å². The lowest BCUT2D eigenvalue weighted by atomic mass is 9.95. The number of carboxylic acids is 1. The van der Waals surface area contributed by atoms with Crippen molar-refractivity contribution >= 4 is 17.8 Å². The Morgan fingerprint density at radius 2 is 1.93 bits per heavy atom. The molecule has 1 unspecified atom stereocenters. The molecule has 1 saturated heterocycles. The fourth-order valence-electron chi connectivity index (χ4n) is 3.30. The molecule has 0 bridgehead atoms. The highest BCUT2D eigenvalue weighted by molar-refractivity contribution is 5.94. The van der Waals surface area contributed by atoms with E-state index in [1.807, 2.05) is 6.07 Å². The molecule has 27 heavy (non-hydrogen) atoms. The summed E-state index contributed by atoms with van der Waals surface area (Å²) < 4.78 is 0. The molecule has 1 heterocycles. The topological polar surface area (TPSA) is 139 Å². The Balaban J connectivity index is 1.97. The number of hydrogen-bond donors (Lipinski definition) is 4. The summed E-state index contributed by atoms with van der Waals surface area (Å²) in [5, 5.41) is 12.4. The number of rotatable bonds is 8. The lowest BCUT2D eigenvalue weighted by molar-refractivity contribution is -0.153. The zero-order chi connectivity index (χ0) is 19.8. The maximum absolute atomic E-state index is 12.6. The van der Waals surface area contributed by atoms with Crippen LogP contribution in [-0.2, 0) is 9.59 Å². The molecule has 1 aliphatic rings. The molecule has 0 spiro atoms. The summed E-state index contributed by atoms with van der Waals surface area (Å²) in [5.41, 5.74) is 11.9. The molecule has 1 aromatic rings. The normalized spacial score (nSPS) is 20.7. The van der Waals surface area contributed by atoms with Crippen LogP contribution in [0, 0.1) is 0 Å². The Labute approximate surface area is 158 Å². The van der Waals surface area contributed by atoms with E-state index < -0.39 is 18.1 Å². The Morgan fingerprint density at radius 3 is 2.56 bits per heavy atom. The van der Waals surface area contributed by atoms with E-state index >= 15 is 0 Å². The van der Waals surface area contributed by atoms with Gasteiger partial charge < -0.3 is 26.8 Å². The highest BCUT2D eigenvalue weighted by atomic mass is 16.4. The smallest absolute Gasteiger partial charge is 0.326 e. The van der Waals surface area contributed by atoms with Crippen LogP contribution in [0.15, 0.2) is 30.3 Å². The maximum Gasteiger partial charge on any atom is 0.326 e. The van der Waals surface area contributed by atoms with Crippen molar-refractivity contribution < 1.29 is 19.5 Å². The Bertz CT molecular complexity index is 652. The highest BCUT2D eigenvalue weighted by Crippen LogP contribution is 2.20. The highest BCUT2D eigenvalue weighted by Gasteiger charge is 2.38. The number of hydrogen-bond acceptors (Lipinski definition) is 5. The van der Waals surface area contributed by atoms with Crippen molar-refractivity contribution in [3.8, 4) is 0 Å².